The maximum atomic E-state index is 14.7. The zero-order chi connectivity index (χ0) is 24.6. The number of ether oxygens (including phenoxy) is 1. The molecular formula is C26H19F7O. The molecule has 178 valence electrons. The van der Waals surface area contributed by atoms with Gasteiger partial charge in [0.1, 0.15) is 23.2 Å². The van der Waals surface area contributed by atoms with E-state index in [2.05, 4.69) is 11.7 Å². The van der Waals surface area contributed by atoms with Gasteiger partial charge in [0, 0.05) is 18.2 Å². The lowest BCUT2D eigenvalue weighted by molar-refractivity contribution is -0.187. The maximum Gasteiger partial charge on any atom is 0.429 e. The molecule has 0 heterocycles. The van der Waals surface area contributed by atoms with Gasteiger partial charge in [0.25, 0.3) is 6.08 Å². The molecule has 0 aliphatic heterocycles. The van der Waals surface area contributed by atoms with E-state index in [1.807, 2.05) is 18.2 Å². The van der Waals surface area contributed by atoms with Gasteiger partial charge >= 0.3 is 6.11 Å². The molecule has 34 heavy (non-hydrogen) atoms. The second kappa shape index (κ2) is 9.16. The van der Waals surface area contributed by atoms with Crippen molar-refractivity contribution < 1.29 is 35.5 Å². The number of rotatable bonds is 6. The summed E-state index contributed by atoms with van der Waals surface area (Å²) in [6, 6.07) is 9.44. The summed E-state index contributed by atoms with van der Waals surface area (Å²) in [5.41, 5.74) is 1.20. The van der Waals surface area contributed by atoms with Gasteiger partial charge in [0.15, 0.2) is 0 Å². The molecule has 3 aromatic rings. The van der Waals surface area contributed by atoms with Gasteiger partial charge < -0.3 is 4.74 Å². The van der Waals surface area contributed by atoms with E-state index < -0.39 is 46.5 Å². The van der Waals surface area contributed by atoms with Crippen LogP contribution in [-0.2, 0) is 19.0 Å². The second-order valence-electron chi connectivity index (χ2n) is 8.21. The number of alkyl halides is 2. The monoisotopic (exact) mass is 480 g/mol. The average molecular weight is 480 g/mol. The van der Waals surface area contributed by atoms with Crippen LogP contribution in [0.3, 0.4) is 0 Å². The Bertz CT molecular complexity index is 1240. The predicted molar refractivity (Wildman–Crippen MR) is 114 cm³/mol. The summed E-state index contributed by atoms with van der Waals surface area (Å²) in [6.07, 6.45) is -3.80. The van der Waals surface area contributed by atoms with Gasteiger partial charge in [0.2, 0.25) is 0 Å². The lowest BCUT2D eigenvalue weighted by atomic mass is 9.99. The largest absolute Gasteiger partial charge is 0.429 e. The lowest BCUT2D eigenvalue weighted by Gasteiger charge is -2.20. The average Bonchev–Trinajstić information content (AvgIpc) is 3.18. The van der Waals surface area contributed by atoms with E-state index in [0.29, 0.717) is 29.2 Å². The molecule has 0 saturated carbocycles. The number of hydrogen-bond donors (Lipinski definition) is 0. The van der Waals surface area contributed by atoms with Crippen molar-refractivity contribution in [2.24, 2.45) is 5.92 Å². The fourth-order valence-corrected chi connectivity index (χ4v) is 4.18. The highest BCUT2D eigenvalue weighted by molar-refractivity contribution is 5.66. The molecule has 1 aliphatic carbocycles. The fourth-order valence-electron chi connectivity index (χ4n) is 4.18. The smallest absolute Gasteiger partial charge is 0.429 e. The lowest BCUT2D eigenvalue weighted by Crippen LogP contribution is -2.23. The molecule has 0 aromatic heterocycles. The van der Waals surface area contributed by atoms with Crippen LogP contribution in [0, 0.1) is 23.4 Å². The number of benzene rings is 3. The standard InChI is InChI=1S/C26H19F7O/c1-2-14-7-15-3-4-16(9-18(15)8-14)17-5-6-21(24(29)10-17)26(32,33)34-19-11-22(27)20(13-25(30)31)23(28)12-19/h3-6,9-14H,2,7-8H2,1H3. The topological polar surface area (TPSA) is 9.23 Å². The Hall–Kier alpha value is -3.29. The third kappa shape index (κ3) is 4.81. The van der Waals surface area contributed by atoms with Crippen LogP contribution in [0.4, 0.5) is 30.7 Å². The quantitative estimate of drug-likeness (QED) is 0.323. The first-order chi connectivity index (χ1) is 16.1. The van der Waals surface area contributed by atoms with E-state index in [-0.39, 0.29) is 6.08 Å². The summed E-state index contributed by atoms with van der Waals surface area (Å²) in [4.78, 5) is 0. The molecule has 8 heteroatoms. The fraction of sp³-hybridized carbons (Fsp3) is 0.231. The summed E-state index contributed by atoms with van der Waals surface area (Å²) < 4.78 is 101. The van der Waals surface area contributed by atoms with Crippen molar-refractivity contribution in [2.75, 3.05) is 0 Å². The molecule has 0 amide bonds. The van der Waals surface area contributed by atoms with Crippen molar-refractivity contribution in [1.29, 1.82) is 0 Å². The van der Waals surface area contributed by atoms with Crippen molar-refractivity contribution in [3.63, 3.8) is 0 Å². The highest BCUT2D eigenvalue weighted by atomic mass is 19.3. The van der Waals surface area contributed by atoms with Crippen molar-refractivity contribution in [1.82, 2.24) is 0 Å². The van der Waals surface area contributed by atoms with E-state index in [1.165, 1.54) is 11.6 Å². The molecular weight excluding hydrogens is 461 g/mol. The molecule has 0 radical (unpaired) electrons. The van der Waals surface area contributed by atoms with Gasteiger partial charge in [-0.2, -0.15) is 17.6 Å². The molecule has 0 bridgehead atoms. The van der Waals surface area contributed by atoms with Crippen molar-refractivity contribution in [2.45, 2.75) is 32.3 Å². The highest BCUT2D eigenvalue weighted by Gasteiger charge is 2.38. The van der Waals surface area contributed by atoms with E-state index in [1.54, 1.807) is 0 Å². The molecule has 1 atom stereocenters. The van der Waals surface area contributed by atoms with Crippen molar-refractivity contribution >= 4 is 6.08 Å². The first kappa shape index (κ1) is 23.9. The van der Waals surface area contributed by atoms with Crippen LogP contribution in [0.5, 0.6) is 5.75 Å². The van der Waals surface area contributed by atoms with Crippen LogP contribution < -0.4 is 4.74 Å². The third-order valence-corrected chi connectivity index (χ3v) is 5.97. The van der Waals surface area contributed by atoms with Crippen molar-refractivity contribution in [3.8, 4) is 16.9 Å². The summed E-state index contributed by atoms with van der Waals surface area (Å²) in [5.74, 6) is -4.76. The Labute approximate surface area is 191 Å². The van der Waals surface area contributed by atoms with Gasteiger partial charge in [0.05, 0.1) is 11.1 Å². The molecule has 1 nitrogen and oxygen atoms in total. The number of halogens is 7. The molecule has 0 spiro atoms. The van der Waals surface area contributed by atoms with E-state index in [4.69, 9.17) is 0 Å². The van der Waals surface area contributed by atoms with Crippen LogP contribution in [0.1, 0.15) is 35.6 Å². The molecule has 0 saturated heterocycles. The van der Waals surface area contributed by atoms with Gasteiger partial charge in [-0.25, -0.2) is 13.2 Å². The third-order valence-electron chi connectivity index (χ3n) is 5.97. The summed E-state index contributed by atoms with van der Waals surface area (Å²) in [6.45, 7) is 2.12. The Morgan fingerprint density at radius 2 is 1.50 bits per heavy atom. The minimum absolute atomic E-state index is 0.0770. The van der Waals surface area contributed by atoms with Crippen LogP contribution >= 0.6 is 0 Å². The zero-order valence-electron chi connectivity index (χ0n) is 17.9. The summed E-state index contributed by atoms with van der Waals surface area (Å²) >= 11 is 0. The van der Waals surface area contributed by atoms with Gasteiger partial charge in [-0.1, -0.05) is 37.6 Å². The second-order valence-corrected chi connectivity index (χ2v) is 8.21. The van der Waals surface area contributed by atoms with Crippen LogP contribution in [0.15, 0.2) is 54.6 Å². The van der Waals surface area contributed by atoms with Crippen LogP contribution in [0.2, 0.25) is 0 Å². The van der Waals surface area contributed by atoms with Crippen LogP contribution in [0.25, 0.3) is 17.2 Å². The SMILES string of the molecule is CCC1Cc2ccc(-c3ccc(C(F)(F)Oc4cc(F)c(C=C(F)F)c(F)c4)c(F)c3)cc2C1. The normalized spacial score (nSPS) is 15.2. The number of hydrogen-bond acceptors (Lipinski definition) is 1. The minimum atomic E-state index is -4.28. The number of fused-ring (bicyclic) bond motifs is 1. The van der Waals surface area contributed by atoms with E-state index in [0.717, 1.165) is 37.0 Å². The molecule has 0 fully saturated rings. The van der Waals surface area contributed by atoms with Gasteiger partial charge in [-0.3, -0.25) is 0 Å². The summed E-state index contributed by atoms with van der Waals surface area (Å²) in [5, 5.41) is 0. The molecule has 1 unspecified atom stereocenters. The van der Waals surface area contributed by atoms with Crippen LogP contribution in [-0.4, -0.2) is 0 Å². The molecule has 4 rings (SSSR count). The Morgan fingerprint density at radius 1 is 0.882 bits per heavy atom. The first-order valence-electron chi connectivity index (χ1n) is 10.6. The minimum Gasteiger partial charge on any atom is -0.429 e. The summed E-state index contributed by atoms with van der Waals surface area (Å²) in [7, 11) is 0. The Morgan fingerprint density at radius 3 is 2.12 bits per heavy atom. The van der Waals surface area contributed by atoms with E-state index in [9.17, 15) is 30.7 Å². The Balaban J connectivity index is 1.59. The molecule has 0 N–H and O–H groups in total. The van der Waals surface area contributed by atoms with Gasteiger partial charge in [-0.05, 0) is 53.1 Å². The Kier molecular flexibility index (Phi) is 6.43. The van der Waals surface area contributed by atoms with Gasteiger partial charge in [-0.15, -0.1) is 0 Å². The maximum absolute atomic E-state index is 14.7. The molecule has 3 aromatic carbocycles. The zero-order valence-corrected chi connectivity index (χ0v) is 17.9. The van der Waals surface area contributed by atoms with E-state index >= 15 is 0 Å². The first-order valence-corrected chi connectivity index (χ1v) is 10.6. The predicted octanol–water partition coefficient (Wildman–Crippen LogP) is 8.26. The molecule has 1 aliphatic rings. The highest BCUT2D eigenvalue weighted by Crippen LogP contribution is 2.37. The van der Waals surface area contributed by atoms with Crippen molar-refractivity contribution in [3.05, 3.63) is 94.3 Å².